The van der Waals surface area contributed by atoms with Gasteiger partial charge < -0.3 is 4.42 Å². The van der Waals surface area contributed by atoms with E-state index in [0.29, 0.717) is 5.76 Å². The Balaban J connectivity index is 2.09. The maximum absolute atomic E-state index is 11.5. The van der Waals surface area contributed by atoms with Crippen molar-refractivity contribution in [2.75, 3.05) is 0 Å². The molecule has 0 aliphatic carbocycles. The van der Waals surface area contributed by atoms with Gasteiger partial charge in [0, 0.05) is 9.75 Å². The number of hydrogen-bond donors (Lipinski definition) is 0. The van der Waals surface area contributed by atoms with E-state index in [1.54, 1.807) is 23.5 Å². The number of carbonyl (C=O) groups is 1. The van der Waals surface area contributed by atoms with Crippen LogP contribution < -0.4 is 0 Å². The van der Waals surface area contributed by atoms with Gasteiger partial charge in [0.2, 0.25) is 5.78 Å². The van der Waals surface area contributed by atoms with Gasteiger partial charge in [-0.05, 0) is 43.3 Å². The van der Waals surface area contributed by atoms with Crippen LogP contribution in [-0.2, 0) is 0 Å². The van der Waals surface area contributed by atoms with E-state index >= 15 is 0 Å². The minimum Gasteiger partial charge on any atom is -0.461 e. The molecule has 0 aliphatic heterocycles. The van der Waals surface area contributed by atoms with E-state index < -0.39 is 0 Å². The number of thiophene rings is 1. The fourth-order valence-corrected chi connectivity index (χ4v) is 1.98. The molecule has 0 unspecified atom stereocenters. The molecule has 0 saturated carbocycles. The highest BCUT2D eigenvalue weighted by atomic mass is 32.1. The van der Waals surface area contributed by atoms with Crippen LogP contribution in [-0.4, -0.2) is 5.78 Å². The number of allylic oxidation sites excluding steroid dienone is 1. The van der Waals surface area contributed by atoms with Gasteiger partial charge in [-0.15, -0.1) is 11.3 Å². The van der Waals surface area contributed by atoms with Crippen molar-refractivity contribution in [1.82, 2.24) is 0 Å². The highest BCUT2D eigenvalue weighted by Crippen LogP contribution is 2.16. The molecule has 2 heterocycles. The van der Waals surface area contributed by atoms with E-state index in [1.807, 2.05) is 25.1 Å². The van der Waals surface area contributed by atoms with Crippen LogP contribution in [0.25, 0.3) is 6.08 Å². The minimum absolute atomic E-state index is 0.106. The summed E-state index contributed by atoms with van der Waals surface area (Å²) < 4.78 is 4.99. The van der Waals surface area contributed by atoms with Gasteiger partial charge >= 0.3 is 0 Å². The first-order valence-corrected chi connectivity index (χ1v) is 5.40. The largest absolute Gasteiger partial charge is 0.461 e. The molecule has 76 valence electrons. The number of rotatable bonds is 3. The Kier molecular flexibility index (Phi) is 2.83. The van der Waals surface area contributed by atoms with E-state index in [1.165, 1.54) is 17.2 Å². The maximum atomic E-state index is 11.5. The molecule has 2 rings (SSSR count). The summed E-state index contributed by atoms with van der Waals surface area (Å²) in [4.78, 5) is 13.8. The van der Waals surface area contributed by atoms with Crippen molar-refractivity contribution in [2.45, 2.75) is 6.92 Å². The van der Waals surface area contributed by atoms with Gasteiger partial charge in [-0.3, -0.25) is 4.79 Å². The van der Waals surface area contributed by atoms with Gasteiger partial charge in [-0.1, -0.05) is 0 Å². The van der Waals surface area contributed by atoms with E-state index in [0.717, 1.165) is 4.88 Å². The number of ketones is 1. The van der Waals surface area contributed by atoms with Crippen molar-refractivity contribution >= 4 is 23.2 Å². The Bertz CT molecular complexity index is 477. The quantitative estimate of drug-likeness (QED) is 0.582. The van der Waals surface area contributed by atoms with Crippen molar-refractivity contribution in [3.8, 4) is 0 Å². The normalized spacial score (nSPS) is 11.0. The lowest BCUT2D eigenvalue weighted by Crippen LogP contribution is -1.89. The molecule has 3 heteroatoms. The Labute approximate surface area is 91.9 Å². The average molecular weight is 218 g/mol. The van der Waals surface area contributed by atoms with E-state index in [9.17, 15) is 4.79 Å². The Morgan fingerprint density at radius 3 is 2.87 bits per heavy atom. The number of furan rings is 1. The number of carbonyl (C=O) groups excluding carboxylic acids is 1. The molecular formula is C12H10O2S. The smallest absolute Gasteiger partial charge is 0.221 e. The standard InChI is InChI=1S/C12H10O2S/c1-9-4-5-10(15-9)6-7-11(13)12-3-2-8-14-12/h2-8H,1H3. The molecular weight excluding hydrogens is 208 g/mol. The highest BCUT2D eigenvalue weighted by molar-refractivity contribution is 7.12. The lowest BCUT2D eigenvalue weighted by molar-refractivity contribution is 0.102. The third-order valence-corrected chi connectivity index (χ3v) is 2.89. The fourth-order valence-electron chi connectivity index (χ4n) is 1.20. The van der Waals surface area contributed by atoms with Crippen molar-refractivity contribution in [3.05, 3.63) is 52.1 Å². The SMILES string of the molecule is Cc1ccc(C=CC(=O)c2ccco2)s1. The van der Waals surface area contributed by atoms with E-state index in [4.69, 9.17) is 4.42 Å². The first kappa shape index (κ1) is 9.93. The lowest BCUT2D eigenvalue weighted by atomic mass is 10.2. The summed E-state index contributed by atoms with van der Waals surface area (Å²) in [6.07, 6.45) is 4.84. The lowest BCUT2D eigenvalue weighted by Gasteiger charge is -1.86. The molecule has 0 aromatic carbocycles. The van der Waals surface area contributed by atoms with Crippen LogP contribution in [0.3, 0.4) is 0 Å². The first-order valence-electron chi connectivity index (χ1n) is 4.58. The second kappa shape index (κ2) is 4.28. The zero-order valence-corrected chi connectivity index (χ0v) is 9.08. The molecule has 0 fully saturated rings. The van der Waals surface area contributed by atoms with E-state index in [2.05, 4.69) is 0 Å². The molecule has 2 aromatic rings. The van der Waals surface area contributed by atoms with Crippen LogP contribution in [0.15, 0.2) is 41.0 Å². The number of hydrogen-bond acceptors (Lipinski definition) is 3. The predicted molar refractivity (Wildman–Crippen MR) is 61.1 cm³/mol. The first-order chi connectivity index (χ1) is 7.25. The number of aryl methyl sites for hydroxylation is 1. The van der Waals surface area contributed by atoms with Crippen molar-refractivity contribution in [2.24, 2.45) is 0 Å². The Morgan fingerprint density at radius 1 is 1.40 bits per heavy atom. The van der Waals surface area contributed by atoms with Gasteiger partial charge in [0.1, 0.15) is 0 Å². The highest BCUT2D eigenvalue weighted by Gasteiger charge is 2.03. The molecule has 0 radical (unpaired) electrons. The summed E-state index contributed by atoms with van der Waals surface area (Å²) in [7, 11) is 0. The third kappa shape index (κ3) is 2.44. The topological polar surface area (TPSA) is 30.2 Å². The maximum Gasteiger partial charge on any atom is 0.221 e. The van der Waals surface area contributed by atoms with Gasteiger partial charge in [0.25, 0.3) is 0 Å². The van der Waals surface area contributed by atoms with Crippen LogP contribution in [0.1, 0.15) is 20.3 Å². The molecule has 0 bridgehead atoms. The molecule has 2 aromatic heterocycles. The van der Waals surface area contributed by atoms with Crippen LogP contribution in [0.2, 0.25) is 0 Å². The Morgan fingerprint density at radius 2 is 2.27 bits per heavy atom. The van der Waals surface area contributed by atoms with Gasteiger partial charge in [-0.25, -0.2) is 0 Å². The summed E-state index contributed by atoms with van der Waals surface area (Å²) in [5.41, 5.74) is 0. The zero-order chi connectivity index (χ0) is 10.7. The summed E-state index contributed by atoms with van der Waals surface area (Å²) in [6, 6.07) is 7.39. The molecule has 0 N–H and O–H groups in total. The van der Waals surface area contributed by atoms with Crippen molar-refractivity contribution in [1.29, 1.82) is 0 Å². The van der Waals surface area contributed by atoms with Crippen molar-refractivity contribution < 1.29 is 9.21 Å². The Hall–Kier alpha value is -1.61. The molecule has 0 aliphatic rings. The minimum atomic E-state index is -0.106. The van der Waals surface area contributed by atoms with Crippen LogP contribution in [0.5, 0.6) is 0 Å². The molecule has 0 amide bonds. The fraction of sp³-hybridized carbons (Fsp3) is 0.0833. The van der Waals surface area contributed by atoms with Crippen LogP contribution in [0, 0.1) is 6.92 Å². The monoisotopic (exact) mass is 218 g/mol. The van der Waals surface area contributed by atoms with Crippen LogP contribution in [0.4, 0.5) is 0 Å². The summed E-state index contributed by atoms with van der Waals surface area (Å²) >= 11 is 1.66. The summed E-state index contributed by atoms with van der Waals surface area (Å²) in [6.45, 7) is 2.04. The summed E-state index contributed by atoms with van der Waals surface area (Å²) in [5.74, 6) is 0.269. The molecule has 2 nitrogen and oxygen atoms in total. The van der Waals surface area contributed by atoms with E-state index in [-0.39, 0.29) is 5.78 Å². The van der Waals surface area contributed by atoms with Crippen molar-refractivity contribution in [3.63, 3.8) is 0 Å². The second-order valence-corrected chi connectivity index (χ2v) is 4.44. The predicted octanol–water partition coefficient (Wildman–Crippen LogP) is 3.55. The average Bonchev–Trinajstić information content (AvgIpc) is 2.84. The molecule has 0 spiro atoms. The van der Waals surface area contributed by atoms with Gasteiger partial charge in [0.15, 0.2) is 5.76 Å². The third-order valence-electron chi connectivity index (χ3n) is 1.92. The molecule has 15 heavy (non-hydrogen) atoms. The summed E-state index contributed by atoms with van der Waals surface area (Å²) in [5, 5.41) is 0. The van der Waals surface area contributed by atoms with Gasteiger partial charge in [-0.2, -0.15) is 0 Å². The molecule has 0 atom stereocenters. The molecule has 0 saturated heterocycles. The second-order valence-electron chi connectivity index (χ2n) is 3.12. The zero-order valence-electron chi connectivity index (χ0n) is 8.27. The van der Waals surface area contributed by atoms with Gasteiger partial charge in [0.05, 0.1) is 6.26 Å². The van der Waals surface area contributed by atoms with Crippen LogP contribution >= 0.6 is 11.3 Å².